The molecule has 0 aromatic heterocycles. The third-order valence-corrected chi connectivity index (χ3v) is 5.08. The van der Waals surface area contributed by atoms with Gasteiger partial charge in [0.05, 0.1) is 6.54 Å². The van der Waals surface area contributed by atoms with Crippen LogP contribution in [-0.4, -0.2) is 58.0 Å². The van der Waals surface area contributed by atoms with Crippen LogP contribution in [0.4, 0.5) is 0 Å². The van der Waals surface area contributed by atoms with Gasteiger partial charge >= 0.3 is 5.97 Å². The number of carbonyl (C=O) groups excluding carboxylic acids is 1. The van der Waals surface area contributed by atoms with Crippen molar-refractivity contribution >= 4 is 11.9 Å². The van der Waals surface area contributed by atoms with Gasteiger partial charge in [0.1, 0.15) is 6.04 Å². The fraction of sp³-hybridized carbons (Fsp3) is 0.875. The minimum atomic E-state index is -0.797. The average molecular weight is 296 g/mol. The summed E-state index contributed by atoms with van der Waals surface area (Å²) in [4.78, 5) is 27.9. The second kappa shape index (κ2) is 6.77. The highest BCUT2D eigenvalue weighted by Crippen LogP contribution is 2.25. The van der Waals surface area contributed by atoms with E-state index in [0.717, 1.165) is 19.3 Å². The molecule has 2 heterocycles. The number of carboxylic acid groups (broad SMARTS) is 1. The van der Waals surface area contributed by atoms with Crippen molar-refractivity contribution in [3.05, 3.63) is 0 Å². The SMILES string of the molecule is CC1CCN(CC(=O)N2C(C)CCCC2C)C(C(=O)O)C1. The Hall–Kier alpha value is -1.10. The Bertz CT molecular complexity index is 389. The number of likely N-dealkylation sites (tertiary alicyclic amines) is 2. The second-order valence-corrected chi connectivity index (χ2v) is 6.88. The maximum absolute atomic E-state index is 12.6. The summed E-state index contributed by atoms with van der Waals surface area (Å²) < 4.78 is 0. The molecule has 2 saturated heterocycles. The van der Waals surface area contributed by atoms with E-state index < -0.39 is 12.0 Å². The van der Waals surface area contributed by atoms with Crippen molar-refractivity contribution in [3.63, 3.8) is 0 Å². The zero-order valence-corrected chi connectivity index (χ0v) is 13.4. The lowest BCUT2D eigenvalue weighted by atomic mass is 9.92. The lowest BCUT2D eigenvalue weighted by Crippen LogP contribution is -2.55. The zero-order valence-electron chi connectivity index (χ0n) is 13.4. The molecule has 2 aliphatic rings. The van der Waals surface area contributed by atoms with Crippen LogP contribution in [0.1, 0.15) is 52.9 Å². The molecule has 21 heavy (non-hydrogen) atoms. The number of carbonyl (C=O) groups is 2. The summed E-state index contributed by atoms with van der Waals surface area (Å²) in [7, 11) is 0. The molecule has 0 radical (unpaired) electrons. The summed E-state index contributed by atoms with van der Waals surface area (Å²) >= 11 is 0. The first kappa shape index (κ1) is 16.3. The zero-order chi connectivity index (χ0) is 15.6. The van der Waals surface area contributed by atoms with Crippen LogP contribution in [0.3, 0.4) is 0 Å². The number of rotatable bonds is 3. The Morgan fingerprint density at radius 2 is 1.71 bits per heavy atom. The summed E-state index contributed by atoms with van der Waals surface area (Å²) in [5, 5.41) is 9.39. The third-order valence-electron chi connectivity index (χ3n) is 5.08. The summed E-state index contributed by atoms with van der Waals surface area (Å²) in [6, 6.07) is 0.0367. The van der Waals surface area contributed by atoms with Crippen molar-refractivity contribution < 1.29 is 14.7 Å². The molecular formula is C16H28N2O3. The Balaban J connectivity index is 2.01. The van der Waals surface area contributed by atoms with E-state index in [4.69, 9.17) is 0 Å². The van der Waals surface area contributed by atoms with Crippen LogP contribution in [0.5, 0.6) is 0 Å². The lowest BCUT2D eigenvalue weighted by Gasteiger charge is -2.42. The molecule has 2 fully saturated rings. The fourth-order valence-electron chi connectivity index (χ4n) is 3.80. The van der Waals surface area contributed by atoms with Gasteiger partial charge in [-0.1, -0.05) is 6.92 Å². The van der Waals surface area contributed by atoms with Crippen molar-refractivity contribution in [3.8, 4) is 0 Å². The largest absolute Gasteiger partial charge is 0.480 e. The summed E-state index contributed by atoms with van der Waals surface area (Å²) in [5.74, 6) is -0.283. The number of hydrogen-bond donors (Lipinski definition) is 1. The van der Waals surface area contributed by atoms with E-state index >= 15 is 0 Å². The molecule has 0 aliphatic carbocycles. The van der Waals surface area contributed by atoms with E-state index in [1.807, 2.05) is 9.80 Å². The molecule has 5 heteroatoms. The van der Waals surface area contributed by atoms with Gasteiger partial charge in [0.25, 0.3) is 0 Å². The molecule has 2 rings (SSSR count). The number of amides is 1. The van der Waals surface area contributed by atoms with Gasteiger partial charge in [-0.25, -0.2) is 0 Å². The molecule has 4 unspecified atom stereocenters. The van der Waals surface area contributed by atoms with Crippen LogP contribution >= 0.6 is 0 Å². The Labute approximate surface area is 127 Å². The lowest BCUT2D eigenvalue weighted by molar-refractivity contribution is -0.148. The Morgan fingerprint density at radius 1 is 1.10 bits per heavy atom. The van der Waals surface area contributed by atoms with E-state index in [9.17, 15) is 14.7 Å². The molecule has 0 saturated carbocycles. The van der Waals surface area contributed by atoms with E-state index in [2.05, 4.69) is 20.8 Å². The number of hydrogen-bond acceptors (Lipinski definition) is 3. The van der Waals surface area contributed by atoms with Gasteiger partial charge in [0, 0.05) is 12.1 Å². The molecule has 0 bridgehead atoms. The summed E-state index contributed by atoms with van der Waals surface area (Å²) in [5.41, 5.74) is 0. The first-order valence-corrected chi connectivity index (χ1v) is 8.18. The van der Waals surface area contributed by atoms with Crippen molar-refractivity contribution in [2.24, 2.45) is 5.92 Å². The van der Waals surface area contributed by atoms with Crippen LogP contribution in [0.2, 0.25) is 0 Å². The topological polar surface area (TPSA) is 60.9 Å². The van der Waals surface area contributed by atoms with Gasteiger partial charge < -0.3 is 10.0 Å². The highest BCUT2D eigenvalue weighted by Gasteiger charge is 2.35. The standard InChI is InChI=1S/C16H28N2O3/c1-11-7-8-17(14(9-11)16(20)21)10-15(19)18-12(2)5-4-6-13(18)3/h11-14H,4-10H2,1-3H3,(H,20,21). The van der Waals surface area contributed by atoms with Gasteiger partial charge in [-0.15, -0.1) is 0 Å². The van der Waals surface area contributed by atoms with Crippen LogP contribution in [0.15, 0.2) is 0 Å². The van der Waals surface area contributed by atoms with Gasteiger partial charge in [0.15, 0.2) is 0 Å². The van der Waals surface area contributed by atoms with Crippen molar-refractivity contribution in [2.75, 3.05) is 13.1 Å². The second-order valence-electron chi connectivity index (χ2n) is 6.88. The average Bonchev–Trinajstić information content (AvgIpc) is 2.40. The molecule has 120 valence electrons. The quantitative estimate of drug-likeness (QED) is 0.865. The van der Waals surface area contributed by atoms with Crippen LogP contribution in [0, 0.1) is 5.92 Å². The van der Waals surface area contributed by atoms with Gasteiger partial charge in [-0.2, -0.15) is 0 Å². The van der Waals surface area contributed by atoms with Crippen LogP contribution < -0.4 is 0 Å². The number of aliphatic carboxylic acids is 1. The Kier molecular flexibility index (Phi) is 5.25. The van der Waals surface area contributed by atoms with E-state index in [1.54, 1.807) is 0 Å². The van der Waals surface area contributed by atoms with Gasteiger partial charge in [-0.3, -0.25) is 14.5 Å². The molecule has 5 nitrogen and oxygen atoms in total. The number of piperidine rings is 2. The first-order chi connectivity index (χ1) is 9.90. The van der Waals surface area contributed by atoms with Crippen LogP contribution in [0.25, 0.3) is 0 Å². The normalized spacial score (nSPS) is 34.7. The van der Waals surface area contributed by atoms with Crippen molar-refractivity contribution in [1.29, 1.82) is 0 Å². The molecule has 0 aromatic carbocycles. The van der Waals surface area contributed by atoms with Crippen molar-refractivity contribution in [2.45, 2.75) is 71.0 Å². The molecule has 1 amide bonds. The van der Waals surface area contributed by atoms with E-state index in [-0.39, 0.29) is 24.5 Å². The minimum absolute atomic E-state index is 0.0931. The summed E-state index contributed by atoms with van der Waals surface area (Å²) in [6.07, 6.45) is 4.89. The first-order valence-electron chi connectivity index (χ1n) is 8.18. The third kappa shape index (κ3) is 3.76. The number of nitrogens with zero attached hydrogens (tertiary/aromatic N) is 2. The molecule has 0 spiro atoms. The maximum atomic E-state index is 12.6. The molecular weight excluding hydrogens is 268 g/mol. The predicted molar refractivity (Wildman–Crippen MR) is 81.0 cm³/mol. The van der Waals surface area contributed by atoms with E-state index in [1.165, 1.54) is 6.42 Å². The molecule has 4 atom stereocenters. The van der Waals surface area contributed by atoms with Gasteiger partial charge in [-0.05, 0) is 58.4 Å². The number of carboxylic acids is 1. The molecule has 2 aliphatic heterocycles. The minimum Gasteiger partial charge on any atom is -0.480 e. The highest BCUT2D eigenvalue weighted by molar-refractivity contribution is 5.80. The maximum Gasteiger partial charge on any atom is 0.320 e. The van der Waals surface area contributed by atoms with Gasteiger partial charge in [0.2, 0.25) is 5.91 Å². The van der Waals surface area contributed by atoms with Crippen molar-refractivity contribution in [1.82, 2.24) is 9.80 Å². The molecule has 0 aromatic rings. The highest BCUT2D eigenvalue weighted by atomic mass is 16.4. The summed E-state index contributed by atoms with van der Waals surface area (Å²) in [6.45, 7) is 7.24. The van der Waals surface area contributed by atoms with Crippen LogP contribution in [-0.2, 0) is 9.59 Å². The molecule has 1 N–H and O–H groups in total. The van der Waals surface area contributed by atoms with E-state index in [0.29, 0.717) is 18.9 Å². The fourth-order valence-corrected chi connectivity index (χ4v) is 3.80. The predicted octanol–water partition coefficient (Wildman–Crippen LogP) is 1.96. The monoisotopic (exact) mass is 296 g/mol. The smallest absolute Gasteiger partial charge is 0.320 e. The Morgan fingerprint density at radius 3 is 2.29 bits per heavy atom.